The molecule has 0 bridgehead atoms. The highest BCUT2D eigenvalue weighted by atomic mass is 16.6. The minimum atomic E-state index is -0.378. The molecule has 74 valence electrons. The molecule has 0 atom stereocenters. The van der Waals surface area contributed by atoms with Gasteiger partial charge in [-0.05, 0) is 12.0 Å². The molecule has 1 aromatic carbocycles. The molecule has 14 heavy (non-hydrogen) atoms. The lowest BCUT2D eigenvalue weighted by atomic mass is 10.1. The Kier molecular flexibility index (Phi) is 3.85. The van der Waals surface area contributed by atoms with Crippen LogP contribution in [0.25, 0.3) is 6.08 Å². The van der Waals surface area contributed by atoms with E-state index in [4.69, 9.17) is 0 Å². The van der Waals surface area contributed by atoms with E-state index in [9.17, 15) is 10.1 Å². The van der Waals surface area contributed by atoms with E-state index in [0.717, 1.165) is 18.4 Å². The summed E-state index contributed by atoms with van der Waals surface area (Å²) in [5.74, 6) is 0. The predicted octanol–water partition coefficient (Wildman–Crippen LogP) is 3.41. The average Bonchev–Trinajstić information content (AvgIpc) is 2.19. The summed E-state index contributed by atoms with van der Waals surface area (Å²) in [7, 11) is 0. The number of rotatable bonds is 4. The van der Waals surface area contributed by atoms with Crippen molar-refractivity contribution >= 4 is 11.8 Å². The van der Waals surface area contributed by atoms with Crippen LogP contribution in [0.3, 0.4) is 0 Å². The van der Waals surface area contributed by atoms with Gasteiger partial charge >= 0.3 is 0 Å². The maximum Gasteiger partial charge on any atom is 0.270 e. The molecular formula is C11H13NO2. The molecule has 0 saturated carbocycles. The maximum absolute atomic E-state index is 10.5. The average molecular weight is 191 g/mol. The van der Waals surface area contributed by atoms with E-state index in [-0.39, 0.29) is 10.6 Å². The molecule has 0 aromatic heterocycles. The lowest BCUT2D eigenvalue weighted by molar-refractivity contribution is -0.384. The number of benzene rings is 1. The zero-order valence-electron chi connectivity index (χ0n) is 8.14. The second kappa shape index (κ2) is 5.17. The molecule has 0 spiro atoms. The van der Waals surface area contributed by atoms with Crippen molar-refractivity contribution in [3.05, 3.63) is 46.0 Å². The van der Waals surface area contributed by atoms with Crippen LogP contribution in [0, 0.1) is 10.1 Å². The van der Waals surface area contributed by atoms with Gasteiger partial charge < -0.3 is 0 Å². The molecule has 0 heterocycles. The summed E-state index contributed by atoms with van der Waals surface area (Å²) >= 11 is 0. The third-order valence-corrected chi connectivity index (χ3v) is 1.85. The number of hydrogen-bond donors (Lipinski definition) is 0. The summed E-state index contributed by atoms with van der Waals surface area (Å²) < 4.78 is 0. The molecule has 0 N–H and O–H groups in total. The second-order valence-corrected chi connectivity index (χ2v) is 3.04. The zero-order chi connectivity index (χ0) is 10.4. The lowest BCUT2D eigenvalue weighted by Crippen LogP contribution is -1.87. The van der Waals surface area contributed by atoms with E-state index in [0.29, 0.717) is 0 Å². The van der Waals surface area contributed by atoms with Crippen molar-refractivity contribution in [2.45, 2.75) is 19.8 Å². The Labute approximate surface area is 83.2 Å². The molecule has 0 aliphatic rings. The first-order valence-corrected chi connectivity index (χ1v) is 4.65. The molecule has 0 saturated heterocycles. The molecule has 1 aromatic rings. The van der Waals surface area contributed by atoms with Gasteiger partial charge in [0, 0.05) is 12.1 Å². The molecule has 3 heteroatoms. The van der Waals surface area contributed by atoms with Gasteiger partial charge in [0.25, 0.3) is 5.69 Å². The number of hydrogen-bond acceptors (Lipinski definition) is 2. The number of unbranched alkanes of at least 4 members (excludes halogenated alkanes) is 1. The highest BCUT2D eigenvalue weighted by Crippen LogP contribution is 2.14. The highest BCUT2D eigenvalue weighted by Gasteiger charge is 2.02. The predicted molar refractivity (Wildman–Crippen MR) is 57.0 cm³/mol. The fourth-order valence-electron chi connectivity index (χ4n) is 1.13. The normalized spacial score (nSPS) is 10.6. The van der Waals surface area contributed by atoms with Gasteiger partial charge in [-0.15, -0.1) is 0 Å². The summed E-state index contributed by atoms with van der Waals surface area (Å²) in [5, 5.41) is 10.5. The Balaban J connectivity index is 2.78. The Hall–Kier alpha value is -1.64. The Bertz CT molecular complexity index is 345. The first-order valence-electron chi connectivity index (χ1n) is 4.65. The third kappa shape index (κ3) is 3.01. The number of nitro groups is 1. The van der Waals surface area contributed by atoms with Crippen molar-refractivity contribution in [1.82, 2.24) is 0 Å². The Morgan fingerprint density at radius 1 is 1.50 bits per heavy atom. The summed E-state index contributed by atoms with van der Waals surface area (Å²) in [6.45, 7) is 2.10. The van der Waals surface area contributed by atoms with Crippen LogP contribution < -0.4 is 0 Å². The molecule has 0 amide bonds. The van der Waals surface area contributed by atoms with Crippen molar-refractivity contribution in [2.24, 2.45) is 0 Å². The highest BCUT2D eigenvalue weighted by molar-refractivity contribution is 5.53. The van der Waals surface area contributed by atoms with Gasteiger partial charge in [0.1, 0.15) is 0 Å². The second-order valence-electron chi connectivity index (χ2n) is 3.04. The molecular weight excluding hydrogens is 178 g/mol. The number of non-ortho nitro benzene ring substituents is 1. The minimum Gasteiger partial charge on any atom is -0.258 e. The maximum atomic E-state index is 10.5. The number of allylic oxidation sites excluding steroid dienone is 1. The van der Waals surface area contributed by atoms with Crippen LogP contribution in [0.4, 0.5) is 5.69 Å². The van der Waals surface area contributed by atoms with Gasteiger partial charge in [0.2, 0.25) is 0 Å². The minimum absolute atomic E-state index is 0.142. The van der Waals surface area contributed by atoms with E-state index < -0.39 is 0 Å². The van der Waals surface area contributed by atoms with Crippen LogP contribution in [0.5, 0.6) is 0 Å². The molecule has 0 unspecified atom stereocenters. The van der Waals surface area contributed by atoms with E-state index in [1.54, 1.807) is 12.1 Å². The van der Waals surface area contributed by atoms with Gasteiger partial charge in [0.15, 0.2) is 0 Å². The molecule has 0 fully saturated rings. The van der Waals surface area contributed by atoms with Crippen molar-refractivity contribution in [1.29, 1.82) is 0 Å². The number of nitrogens with zero attached hydrogens (tertiary/aromatic N) is 1. The first-order chi connectivity index (χ1) is 6.74. The van der Waals surface area contributed by atoms with Crippen molar-refractivity contribution in [3.63, 3.8) is 0 Å². The summed E-state index contributed by atoms with van der Waals surface area (Å²) in [6.07, 6.45) is 6.03. The SMILES string of the molecule is CCC/C=C\c1cccc([N+](=O)[O-])c1. The Morgan fingerprint density at radius 2 is 2.29 bits per heavy atom. The van der Waals surface area contributed by atoms with E-state index in [1.165, 1.54) is 6.07 Å². The fraction of sp³-hybridized carbons (Fsp3) is 0.273. The molecule has 0 radical (unpaired) electrons. The van der Waals surface area contributed by atoms with Crippen molar-refractivity contribution < 1.29 is 4.92 Å². The van der Waals surface area contributed by atoms with Crippen LogP contribution in [0.2, 0.25) is 0 Å². The van der Waals surface area contributed by atoms with Gasteiger partial charge in [-0.25, -0.2) is 0 Å². The summed E-state index contributed by atoms with van der Waals surface area (Å²) in [6, 6.07) is 6.63. The molecule has 0 aliphatic heterocycles. The fourth-order valence-corrected chi connectivity index (χ4v) is 1.13. The van der Waals surface area contributed by atoms with E-state index in [2.05, 4.69) is 6.92 Å². The monoisotopic (exact) mass is 191 g/mol. The quantitative estimate of drug-likeness (QED) is 0.540. The van der Waals surface area contributed by atoms with Gasteiger partial charge in [-0.2, -0.15) is 0 Å². The van der Waals surface area contributed by atoms with Crippen LogP contribution in [0.1, 0.15) is 25.3 Å². The zero-order valence-corrected chi connectivity index (χ0v) is 8.14. The first kappa shape index (κ1) is 10.4. The molecule has 3 nitrogen and oxygen atoms in total. The summed E-state index contributed by atoms with van der Waals surface area (Å²) in [4.78, 5) is 10.1. The summed E-state index contributed by atoms with van der Waals surface area (Å²) in [5.41, 5.74) is 1.02. The molecule has 1 rings (SSSR count). The van der Waals surface area contributed by atoms with Crippen LogP contribution in [-0.2, 0) is 0 Å². The molecule has 0 aliphatic carbocycles. The van der Waals surface area contributed by atoms with E-state index >= 15 is 0 Å². The van der Waals surface area contributed by atoms with Gasteiger partial charge in [-0.3, -0.25) is 10.1 Å². The topological polar surface area (TPSA) is 43.1 Å². The van der Waals surface area contributed by atoms with Gasteiger partial charge in [0.05, 0.1) is 4.92 Å². The van der Waals surface area contributed by atoms with Crippen LogP contribution in [-0.4, -0.2) is 4.92 Å². The van der Waals surface area contributed by atoms with Crippen LogP contribution in [0.15, 0.2) is 30.3 Å². The largest absolute Gasteiger partial charge is 0.270 e. The van der Waals surface area contributed by atoms with Crippen molar-refractivity contribution in [2.75, 3.05) is 0 Å². The van der Waals surface area contributed by atoms with Crippen molar-refractivity contribution in [3.8, 4) is 0 Å². The smallest absolute Gasteiger partial charge is 0.258 e. The standard InChI is InChI=1S/C11H13NO2/c1-2-3-4-6-10-7-5-8-11(9-10)12(13)14/h4-9H,2-3H2,1H3/b6-4-. The third-order valence-electron chi connectivity index (χ3n) is 1.85. The number of nitro benzene ring substituents is 1. The van der Waals surface area contributed by atoms with E-state index in [1.807, 2.05) is 18.2 Å². The Morgan fingerprint density at radius 3 is 2.93 bits per heavy atom. The van der Waals surface area contributed by atoms with Gasteiger partial charge in [-0.1, -0.05) is 37.6 Å². The lowest BCUT2D eigenvalue weighted by Gasteiger charge is -1.93. The van der Waals surface area contributed by atoms with Crippen LogP contribution >= 0.6 is 0 Å².